The normalized spacial score (nSPS) is 22.7. The molecule has 1 aliphatic rings. The molecule has 90 valence electrons. The molecule has 1 rings (SSSR count). The van der Waals surface area contributed by atoms with Gasteiger partial charge in [0.15, 0.2) is 0 Å². The van der Waals surface area contributed by atoms with Crippen LogP contribution < -0.4 is 5.32 Å². The Morgan fingerprint density at radius 1 is 1.50 bits per heavy atom. The van der Waals surface area contributed by atoms with Crippen molar-refractivity contribution in [1.29, 1.82) is 0 Å². The van der Waals surface area contributed by atoms with Crippen LogP contribution in [0, 0.1) is 11.3 Å². The van der Waals surface area contributed by atoms with E-state index < -0.39 is 5.97 Å². The fourth-order valence-corrected chi connectivity index (χ4v) is 1.62. The molecule has 0 aromatic heterocycles. The summed E-state index contributed by atoms with van der Waals surface area (Å²) in [4.78, 5) is 22.5. The first kappa shape index (κ1) is 12.7. The minimum atomic E-state index is -1.07. The fraction of sp³-hybridized carbons (Fsp3) is 0.667. The summed E-state index contributed by atoms with van der Waals surface area (Å²) in [5.41, 5.74) is 0.0351. The molecule has 2 N–H and O–H groups in total. The van der Waals surface area contributed by atoms with Crippen LogP contribution in [0.25, 0.3) is 0 Å². The van der Waals surface area contributed by atoms with Gasteiger partial charge in [0.25, 0.3) is 0 Å². The summed E-state index contributed by atoms with van der Waals surface area (Å²) < 4.78 is 0. The number of carboxylic acid groups (broad SMARTS) is 1. The number of unbranched alkanes of at least 4 members (excludes halogenated alkanes) is 1. The standard InChI is InChI=1S/C12H19NO3/c1-4-5-6-9(11(15)16)13-10(14)8-7-12(8,2)3/h6,8H,4-5,7H2,1-3H3,(H,13,14)(H,15,16)/b9-6+. The van der Waals surface area contributed by atoms with Gasteiger partial charge in [-0.15, -0.1) is 0 Å². The van der Waals surface area contributed by atoms with Crippen molar-refractivity contribution in [2.75, 3.05) is 0 Å². The smallest absolute Gasteiger partial charge is 0.352 e. The summed E-state index contributed by atoms with van der Waals surface area (Å²) in [6.07, 6.45) is 3.92. The quantitative estimate of drug-likeness (QED) is 0.702. The average Bonchev–Trinajstić information content (AvgIpc) is 2.81. The number of hydrogen-bond donors (Lipinski definition) is 2. The van der Waals surface area contributed by atoms with Crippen LogP contribution in [0.3, 0.4) is 0 Å². The Bertz CT molecular complexity index is 331. The number of aliphatic carboxylic acids is 1. The van der Waals surface area contributed by atoms with Gasteiger partial charge in [0.05, 0.1) is 0 Å². The third-order valence-corrected chi connectivity index (χ3v) is 2.96. The van der Waals surface area contributed by atoms with Crippen LogP contribution in [0.1, 0.15) is 40.0 Å². The number of allylic oxidation sites excluding steroid dienone is 1. The lowest BCUT2D eigenvalue weighted by atomic mass is 10.1. The summed E-state index contributed by atoms with van der Waals surface area (Å²) in [5.74, 6) is -1.29. The zero-order chi connectivity index (χ0) is 12.3. The molecule has 0 spiro atoms. The number of amides is 1. The van der Waals surface area contributed by atoms with E-state index >= 15 is 0 Å². The van der Waals surface area contributed by atoms with Gasteiger partial charge in [-0.05, 0) is 18.3 Å². The molecule has 4 nitrogen and oxygen atoms in total. The maximum absolute atomic E-state index is 11.7. The number of hydrogen-bond acceptors (Lipinski definition) is 2. The molecule has 0 heterocycles. The predicted molar refractivity (Wildman–Crippen MR) is 60.7 cm³/mol. The Labute approximate surface area is 95.7 Å². The van der Waals surface area contributed by atoms with E-state index in [2.05, 4.69) is 5.32 Å². The van der Waals surface area contributed by atoms with E-state index in [1.807, 2.05) is 20.8 Å². The summed E-state index contributed by atoms with van der Waals surface area (Å²) >= 11 is 0. The van der Waals surface area contributed by atoms with E-state index in [-0.39, 0.29) is 22.9 Å². The van der Waals surface area contributed by atoms with Crippen LogP contribution in [0.4, 0.5) is 0 Å². The molecule has 1 aliphatic carbocycles. The number of rotatable bonds is 5. The van der Waals surface area contributed by atoms with E-state index in [0.29, 0.717) is 6.42 Å². The third kappa shape index (κ3) is 3.08. The first-order valence-corrected chi connectivity index (χ1v) is 5.63. The molecule has 1 amide bonds. The highest BCUT2D eigenvalue weighted by atomic mass is 16.4. The highest BCUT2D eigenvalue weighted by molar-refractivity contribution is 5.94. The van der Waals surface area contributed by atoms with Gasteiger partial charge in [0.2, 0.25) is 5.91 Å². The van der Waals surface area contributed by atoms with Gasteiger partial charge < -0.3 is 10.4 Å². The van der Waals surface area contributed by atoms with Crippen molar-refractivity contribution >= 4 is 11.9 Å². The highest BCUT2D eigenvalue weighted by Crippen LogP contribution is 2.51. The van der Waals surface area contributed by atoms with Crippen molar-refractivity contribution in [3.05, 3.63) is 11.8 Å². The van der Waals surface area contributed by atoms with Gasteiger partial charge in [0, 0.05) is 5.92 Å². The zero-order valence-electron chi connectivity index (χ0n) is 10.0. The minimum absolute atomic E-state index is 0.00884. The van der Waals surface area contributed by atoms with Gasteiger partial charge in [0.1, 0.15) is 5.70 Å². The molecule has 0 aromatic rings. The molecule has 1 atom stereocenters. The Morgan fingerprint density at radius 2 is 2.06 bits per heavy atom. The van der Waals surface area contributed by atoms with Gasteiger partial charge in [-0.2, -0.15) is 0 Å². The first-order chi connectivity index (χ1) is 7.38. The number of carboxylic acids is 1. The summed E-state index contributed by atoms with van der Waals surface area (Å²) in [7, 11) is 0. The van der Waals surface area contributed by atoms with E-state index in [4.69, 9.17) is 5.11 Å². The summed E-state index contributed by atoms with van der Waals surface area (Å²) in [6, 6.07) is 0. The average molecular weight is 225 g/mol. The third-order valence-electron chi connectivity index (χ3n) is 2.96. The molecular weight excluding hydrogens is 206 g/mol. The molecule has 0 aliphatic heterocycles. The summed E-state index contributed by atoms with van der Waals surface area (Å²) in [6.45, 7) is 5.97. The van der Waals surface area contributed by atoms with Crippen LogP contribution in [0.15, 0.2) is 11.8 Å². The first-order valence-electron chi connectivity index (χ1n) is 5.63. The summed E-state index contributed by atoms with van der Waals surface area (Å²) in [5, 5.41) is 11.4. The predicted octanol–water partition coefficient (Wildman–Crippen LogP) is 1.92. The number of carbonyl (C=O) groups excluding carboxylic acids is 1. The van der Waals surface area contributed by atoms with Gasteiger partial charge >= 0.3 is 5.97 Å². The molecule has 1 unspecified atom stereocenters. The Morgan fingerprint density at radius 3 is 2.44 bits per heavy atom. The van der Waals surface area contributed by atoms with Gasteiger partial charge in [-0.25, -0.2) is 4.79 Å². The molecule has 0 aromatic carbocycles. The lowest BCUT2D eigenvalue weighted by molar-refractivity contribution is -0.135. The zero-order valence-corrected chi connectivity index (χ0v) is 10.0. The van der Waals surface area contributed by atoms with E-state index in [9.17, 15) is 9.59 Å². The second-order valence-electron chi connectivity index (χ2n) is 4.95. The largest absolute Gasteiger partial charge is 0.477 e. The van der Waals surface area contributed by atoms with Crippen molar-refractivity contribution in [3.63, 3.8) is 0 Å². The van der Waals surface area contributed by atoms with Crippen LogP contribution >= 0.6 is 0 Å². The van der Waals surface area contributed by atoms with Gasteiger partial charge in [-0.3, -0.25) is 4.79 Å². The van der Waals surface area contributed by atoms with E-state index in [1.165, 1.54) is 0 Å². The van der Waals surface area contributed by atoms with Crippen molar-refractivity contribution in [2.45, 2.75) is 40.0 Å². The SMILES string of the molecule is CCC/C=C(/NC(=O)C1CC1(C)C)C(=O)O. The topological polar surface area (TPSA) is 66.4 Å². The van der Waals surface area contributed by atoms with Crippen LogP contribution in [-0.2, 0) is 9.59 Å². The van der Waals surface area contributed by atoms with Crippen molar-refractivity contribution in [3.8, 4) is 0 Å². The van der Waals surface area contributed by atoms with E-state index in [0.717, 1.165) is 12.8 Å². The van der Waals surface area contributed by atoms with Crippen molar-refractivity contribution < 1.29 is 14.7 Å². The second kappa shape index (κ2) is 4.68. The maximum Gasteiger partial charge on any atom is 0.352 e. The van der Waals surface area contributed by atoms with Crippen molar-refractivity contribution in [2.24, 2.45) is 11.3 Å². The number of nitrogens with one attached hydrogen (secondary N) is 1. The minimum Gasteiger partial charge on any atom is -0.477 e. The molecule has 0 bridgehead atoms. The lowest BCUT2D eigenvalue weighted by Gasteiger charge is -2.07. The molecule has 1 saturated carbocycles. The Hall–Kier alpha value is -1.32. The molecular formula is C12H19NO3. The molecule has 16 heavy (non-hydrogen) atoms. The molecule has 0 saturated heterocycles. The fourth-order valence-electron chi connectivity index (χ4n) is 1.62. The number of carbonyl (C=O) groups is 2. The van der Waals surface area contributed by atoms with Crippen LogP contribution in [-0.4, -0.2) is 17.0 Å². The monoisotopic (exact) mass is 225 g/mol. The Balaban J connectivity index is 2.56. The van der Waals surface area contributed by atoms with Crippen LogP contribution in [0.2, 0.25) is 0 Å². The van der Waals surface area contributed by atoms with Gasteiger partial charge in [-0.1, -0.05) is 33.3 Å². The second-order valence-corrected chi connectivity index (χ2v) is 4.95. The molecule has 1 fully saturated rings. The molecule has 0 radical (unpaired) electrons. The highest BCUT2D eigenvalue weighted by Gasteiger charge is 2.50. The van der Waals surface area contributed by atoms with Crippen LogP contribution in [0.5, 0.6) is 0 Å². The molecule has 4 heteroatoms. The lowest BCUT2D eigenvalue weighted by Crippen LogP contribution is -2.29. The maximum atomic E-state index is 11.7. The Kier molecular flexibility index (Phi) is 3.73. The van der Waals surface area contributed by atoms with E-state index in [1.54, 1.807) is 6.08 Å². The van der Waals surface area contributed by atoms with Crippen molar-refractivity contribution in [1.82, 2.24) is 5.32 Å².